The molecule has 0 aliphatic heterocycles. The van der Waals surface area contributed by atoms with Crippen LogP contribution in [0.15, 0.2) is 46.9 Å². The van der Waals surface area contributed by atoms with Gasteiger partial charge in [0.05, 0.1) is 0 Å². The molecule has 9 heteroatoms. The zero-order valence-corrected chi connectivity index (χ0v) is 14.1. The Labute approximate surface area is 142 Å². The lowest BCUT2D eigenvalue weighted by Crippen LogP contribution is -2.28. The summed E-state index contributed by atoms with van der Waals surface area (Å²) in [6.07, 6.45) is 3.34. The highest BCUT2D eigenvalue weighted by molar-refractivity contribution is 7.89. The van der Waals surface area contributed by atoms with E-state index >= 15 is 0 Å². The molecule has 3 rings (SSSR count). The molecular formula is C15H13N3O4S2. The highest BCUT2D eigenvalue weighted by Crippen LogP contribution is 2.26. The SMILES string of the molecule is C[C@@H](NS(=O)(=O)c1csnc1C(=O)O)c1cccc2cnccc12. The molecule has 0 unspecified atom stereocenters. The van der Waals surface area contributed by atoms with E-state index in [0.29, 0.717) is 0 Å². The average molecular weight is 363 g/mol. The van der Waals surface area contributed by atoms with Crippen molar-refractivity contribution in [3.63, 3.8) is 0 Å². The van der Waals surface area contributed by atoms with E-state index in [2.05, 4.69) is 14.1 Å². The van der Waals surface area contributed by atoms with Gasteiger partial charge in [-0.2, -0.15) is 4.37 Å². The molecule has 0 bridgehead atoms. The van der Waals surface area contributed by atoms with Crippen molar-refractivity contribution in [2.45, 2.75) is 17.9 Å². The van der Waals surface area contributed by atoms with E-state index in [1.165, 1.54) is 5.38 Å². The van der Waals surface area contributed by atoms with E-state index in [1.807, 2.05) is 24.3 Å². The van der Waals surface area contributed by atoms with E-state index in [1.54, 1.807) is 19.3 Å². The van der Waals surface area contributed by atoms with Gasteiger partial charge in [-0.3, -0.25) is 4.98 Å². The van der Waals surface area contributed by atoms with Crippen LogP contribution in [0.2, 0.25) is 0 Å². The summed E-state index contributed by atoms with van der Waals surface area (Å²) < 4.78 is 31.2. The number of aromatic carboxylic acids is 1. The molecule has 0 amide bonds. The van der Waals surface area contributed by atoms with Crippen LogP contribution in [-0.4, -0.2) is 28.9 Å². The zero-order valence-electron chi connectivity index (χ0n) is 12.5. The van der Waals surface area contributed by atoms with Gasteiger partial charge in [-0.1, -0.05) is 18.2 Å². The molecule has 0 saturated heterocycles. The van der Waals surface area contributed by atoms with Crippen LogP contribution in [0.3, 0.4) is 0 Å². The highest BCUT2D eigenvalue weighted by Gasteiger charge is 2.27. The van der Waals surface area contributed by atoms with Gasteiger partial charge in [0.2, 0.25) is 10.0 Å². The van der Waals surface area contributed by atoms with Crippen LogP contribution in [0.4, 0.5) is 0 Å². The predicted octanol–water partition coefficient (Wildman–Crippen LogP) is 2.43. The van der Waals surface area contributed by atoms with Gasteiger partial charge in [0.25, 0.3) is 0 Å². The number of carboxylic acid groups (broad SMARTS) is 1. The Morgan fingerprint density at radius 2 is 2.12 bits per heavy atom. The second-order valence-electron chi connectivity index (χ2n) is 5.12. The Balaban J connectivity index is 1.97. The number of hydrogen-bond donors (Lipinski definition) is 2. The zero-order chi connectivity index (χ0) is 17.3. The lowest BCUT2D eigenvalue weighted by atomic mass is 10.0. The van der Waals surface area contributed by atoms with E-state index in [0.717, 1.165) is 27.9 Å². The Hall–Kier alpha value is -2.36. The minimum atomic E-state index is -4.01. The van der Waals surface area contributed by atoms with Gasteiger partial charge in [0, 0.05) is 29.2 Å². The molecule has 1 aromatic carbocycles. The largest absolute Gasteiger partial charge is 0.476 e. The number of carboxylic acids is 1. The quantitative estimate of drug-likeness (QED) is 0.720. The Kier molecular flexibility index (Phi) is 4.31. The fraction of sp³-hybridized carbons (Fsp3) is 0.133. The molecule has 7 nitrogen and oxygen atoms in total. The second-order valence-corrected chi connectivity index (χ2v) is 7.43. The molecule has 1 atom stereocenters. The first-order chi connectivity index (χ1) is 11.4. The van der Waals surface area contributed by atoms with Crippen LogP contribution >= 0.6 is 11.5 Å². The number of carbonyl (C=O) groups is 1. The number of benzene rings is 1. The van der Waals surface area contributed by atoms with Gasteiger partial charge in [0.1, 0.15) is 4.90 Å². The van der Waals surface area contributed by atoms with Crippen molar-refractivity contribution in [3.8, 4) is 0 Å². The lowest BCUT2D eigenvalue weighted by molar-refractivity contribution is 0.0687. The highest BCUT2D eigenvalue weighted by atomic mass is 32.2. The van der Waals surface area contributed by atoms with E-state index < -0.39 is 27.7 Å². The number of hydrogen-bond acceptors (Lipinski definition) is 6. The third kappa shape index (κ3) is 3.01. The normalized spacial score (nSPS) is 13.0. The third-order valence-electron chi connectivity index (χ3n) is 3.54. The van der Waals surface area contributed by atoms with Crippen LogP contribution in [0, 0.1) is 0 Å². The number of nitrogens with one attached hydrogen (secondary N) is 1. The van der Waals surface area contributed by atoms with Crippen molar-refractivity contribution in [3.05, 3.63) is 53.3 Å². The van der Waals surface area contributed by atoms with Crippen LogP contribution in [0.25, 0.3) is 10.8 Å². The Bertz CT molecular complexity index is 1010. The first kappa shape index (κ1) is 16.5. The fourth-order valence-corrected chi connectivity index (χ4v) is 4.79. The van der Waals surface area contributed by atoms with Gasteiger partial charge in [-0.15, -0.1) is 0 Å². The molecule has 0 radical (unpaired) electrons. The molecule has 2 heterocycles. The first-order valence-electron chi connectivity index (χ1n) is 6.93. The molecule has 2 aromatic heterocycles. The molecule has 124 valence electrons. The summed E-state index contributed by atoms with van der Waals surface area (Å²) in [6, 6.07) is 6.78. The maximum absolute atomic E-state index is 12.5. The first-order valence-corrected chi connectivity index (χ1v) is 9.25. The molecule has 0 fully saturated rings. The van der Waals surface area contributed by atoms with Gasteiger partial charge in [-0.05, 0) is 35.5 Å². The molecule has 24 heavy (non-hydrogen) atoms. The van der Waals surface area contributed by atoms with Crippen molar-refractivity contribution in [1.29, 1.82) is 0 Å². The molecule has 3 aromatic rings. The molecule has 2 N–H and O–H groups in total. The van der Waals surface area contributed by atoms with Gasteiger partial charge < -0.3 is 5.11 Å². The average Bonchev–Trinajstić information content (AvgIpc) is 3.05. The lowest BCUT2D eigenvalue weighted by Gasteiger charge is -2.16. The van der Waals surface area contributed by atoms with Gasteiger partial charge in [-0.25, -0.2) is 17.9 Å². The summed E-state index contributed by atoms with van der Waals surface area (Å²) in [5.74, 6) is -1.37. The van der Waals surface area contributed by atoms with Crippen molar-refractivity contribution in [1.82, 2.24) is 14.1 Å². The summed E-state index contributed by atoms with van der Waals surface area (Å²) in [6.45, 7) is 1.70. The second kappa shape index (κ2) is 6.27. The Morgan fingerprint density at radius 1 is 1.33 bits per heavy atom. The van der Waals surface area contributed by atoms with Crippen LogP contribution in [0.1, 0.15) is 29.0 Å². The third-order valence-corrected chi connectivity index (χ3v) is 5.87. The number of aromatic nitrogens is 2. The van der Waals surface area contributed by atoms with Crippen LogP contribution < -0.4 is 4.72 Å². The van der Waals surface area contributed by atoms with E-state index in [-0.39, 0.29) is 4.90 Å². The number of nitrogens with zero attached hydrogens (tertiary/aromatic N) is 2. The van der Waals surface area contributed by atoms with Gasteiger partial charge in [0.15, 0.2) is 5.69 Å². The summed E-state index contributed by atoms with van der Waals surface area (Å²) in [7, 11) is -4.01. The summed E-state index contributed by atoms with van der Waals surface area (Å²) in [4.78, 5) is 14.8. The minimum Gasteiger partial charge on any atom is -0.476 e. The summed E-state index contributed by atoms with van der Waals surface area (Å²) in [5.41, 5.74) is 0.306. The van der Waals surface area contributed by atoms with Crippen molar-refractivity contribution in [2.75, 3.05) is 0 Å². The Morgan fingerprint density at radius 3 is 2.88 bits per heavy atom. The molecule has 0 aliphatic carbocycles. The number of rotatable bonds is 5. The van der Waals surface area contributed by atoms with Crippen LogP contribution in [0.5, 0.6) is 0 Å². The number of fused-ring (bicyclic) bond motifs is 1. The monoisotopic (exact) mass is 363 g/mol. The molecule has 0 spiro atoms. The van der Waals surface area contributed by atoms with E-state index in [4.69, 9.17) is 5.11 Å². The maximum Gasteiger partial charge on any atom is 0.357 e. The molecule has 0 saturated carbocycles. The van der Waals surface area contributed by atoms with Gasteiger partial charge >= 0.3 is 5.97 Å². The summed E-state index contributed by atoms with van der Waals surface area (Å²) in [5, 5.41) is 12.0. The smallest absolute Gasteiger partial charge is 0.357 e. The van der Waals surface area contributed by atoms with Crippen LogP contribution in [-0.2, 0) is 10.0 Å². The van der Waals surface area contributed by atoms with E-state index in [9.17, 15) is 13.2 Å². The topological polar surface area (TPSA) is 109 Å². The standard InChI is InChI=1S/C15H13N3O4S2/c1-9(11-4-2-3-10-7-16-6-5-12(10)11)18-24(21,22)13-8-23-17-14(13)15(19)20/h2-9,18H,1H3,(H,19,20)/t9-/m1/s1. The fourth-order valence-electron chi connectivity index (χ4n) is 2.45. The number of sulfonamides is 1. The predicted molar refractivity (Wildman–Crippen MR) is 89.6 cm³/mol. The minimum absolute atomic E-state index is 0.325. The van der Waals surface area contributed by atoms with Crippen molar-refractivity contribution < 1.29 is 18.3 Å². The maximum atomic E-state index is 12.5. The molecular weight excluding hydrogens is 350 g/mol. The number of pyridine rings is 1. The summed E-state index contributed by atoms with van der Waals surface area (Å²) >= 11 is 0.789. The molecule has 0 aliphatic rings. The van der Waals surface area contributed by atoms with Crippen molar-refractivity contribution in [2.24, 2.45) is 0 Å². The van der Waals surface area contributed by atoms with Crippen molar-refractivity contribution >= 4 is 38.3 Å².